The lowest BCUT2D eigenvalue weighted by molar-refractivity contribution is 0.632. The molecule has 0 radical (unpaired) electrons. The average Bonchev–Trinajstić information content (AvgIpc) is 2.62. The Labute approximate surface area is 74.7 Å². The van der Waals surface area contributed by atoms with E-state index in [0.717, 1.165) is 5.92 Å². The topological polar surface area (TPSA) is 0 Å². The van der Waals surface area contributed by atoms with Gasteiger partial charge in [-0.1, -0.05) is 44.1 Å². The highest BCUT2D eigenvalue weighted by atomic mass is 14.2. The van der Waals surface area contributed by atoms with Gasteiger partial charge < -0.3 is 0 Å². The molecule has 0 aromatic heterocycles. The maximum Gasteiger partial charge on any atom is 0.00239 e. The Bertz CT molecular complexity index is 253. The van der Waals surface area contributed by atoms with Crippen LogP contribution >= 0.6 is 0 Å². The molecular formula is C12H16. The molecule has 0 saturated heterocycles. The predicted octanol–water partition coefficient (Wildman–Crippen LogP) is 3.62. The van der Waals surface area contributed by atoms with Gasteiger partial charge in [0.25, 0.3) is 0 Å². The van der Waals surface area contributed by atoms with Crippen molar-refractivity contribution >= 4 is 0 Å². The van der Waals surface area contributed by atoms with Crippen molar-refractivity contribution in [3.05, 3.63) is 35.5 Å². The van der Waals surface area contributed by atoms with Gasteiger partial charge in [-0.3, -0.25) is 0 Å². The summed E-state index contributed by atoms with van der Waals surface area (Å²) in [6.45, 7) is 2.26. The lowest BCUT2D eigenvalue weighted by atomic mass is 9.96. The first-order valence-corrected chi connectivity index (χ1v) is 4.99. The third-order valence-corrected chi connectivity index (χ3v) is 2.80. The Balaban J connectivity index is 2.00. The van der Waals surface area contributed by atoms with E-state index in [1.54, 1.807) is 11.1 Å². The smallest absolute Gasteiger partial charge is 0.00239 e. The van der Waals surface area contributed by atoms with E-state index >= 15 is 0 Å². The number of allylic oxidation sites excluding steroid dienone is 6. The van der Waals surface area contributed by atoms with Crippen LogP contribution in [0.15, 0.2) is 35.5 Å². The summed E-state index contributed by atoms with van der Waals surface area (Å²) in [4.78, 5) is 0. The second-order valence-corrected chi connectivity index (χ2v) is 3.69. The molecule has 0 fully saturated rings. The minimum Gasteiger partial charge on any atom is -0.0798 e. The van der Waals surface area contributed by atoms with Crippen molar-refractivity contribution in [2.75, 3.05) is 0 Å². The molecule has 1 atom stereocenters. The van der Waals surface area contributed by atoms with Gasteiger partial charge in [0.15, 0.2) is 0 Å². The number of hydrogen-bond acceptors (Lipinski definition) is 0. The van der Waals surface area contributed by atoms with Crippen LogP contribution < -0.4 is 0 Å². The third kappa shape index (κ3) is 1.26. The molecule has 2 aliphatic rings. The van der Waals surface area contributed by atoms with Crippen molar-refractivity contribution in [3.63, 3.8) is 0 Å². The third-order valence-electron chi connectivity index (χ3n) is 2.80. The molecule has 0 spiro atoms. The normalized spacial score (nSPS) is 25.6. The molecule has 0 amide bonds. The van der Waals surface area contributed by atoms with Gasteiger partial charge >= 0.3 is 0 Å². The van der Waals surface area contributed by atoms with Crippen molar-refractivity contribution in [1.82, 2.24) is 0 Å². The number of unbranched alkanes of at least 4 members (excludes halogenated alkanes) is 1. The van der Waals surface area contributed by atoms with Gasteiger partial charge in [0.1, 0.15) is 0 Å². The van der Waals surface area contributed by atoms with E-state index in [4.69, 9.17) is 0 Å². The molecule has 12 heavy (non-hydrogen) atoms. The molecule has 2 rings (SSSR count). The Hall–Kier alpha value is -0.780. The highest BCUT2D eigenvalue weighted by Gasteiger charge is 2.19. The molecule has 0 heteroatoms. The fourth-order valence-electron chi connectivity index (χ4n) is 2.08. The van der Waals surface area contributed by atoms with Crippen LogP contribution in [-0.2, 0) is 0 Å². The molecule has 0 aromatic carbocycles. The Morgan fingerprint density at radius 3 is 3.17 bits per heavy atom. The van der Waals surface area contributed by atoms with Crippen LogP contribution in [0, 0.1) is 5.92 Å². The monoisotopic (exact) mass is 160 g/mol. The molecule has 2 aliphatic carbocycles. The van der Waals surface area contributed by atoms with Crippen molar-refractivity contribution in [3.8, 4) is 0 Å². The first-order valence-electron chi connectivity index (χ1n) is 4.99. The number of rotatable bonds is 3. The maximum atomic E-state index is 2.38. The fourth-order valence-corrected chi connectivity index (χ4v) is 2.08. The van der Waals surface area contributed by atoms with E-state index < -0.39 is 0 Å². The highest BCUT2D eigenvalue weighted by molar-refractivity contribution is 5.48. The highest BCUT2D eigenvalue weighted by Crippen LogP contribution is 2.35. The van der Waals surface area contributed by atoms with Crippen LogP contribution in [0.4, 0.5) is 0 Å². The molecule has 1 unspecified atom stereocenters. The Morgan fingerprint density at radius 2 is 2.33 bits per heavy atom. The van der Waals surface area contributed by atoms with E-state index in [0.29, 0.717) is 0 Å². The van der Waals surface area contributed by atoms with Crippen LogP contribution in [0.1, 0.15) is 32.6 Å². The number of hydrogen-bond donors (Lipinski definition) is 0. The van der Waals surface area contributed by atoms with E-state index in [2.05, 4.69) is 31.2 Å². The molecule has 0 aliphatic heterocycles. The first kappa shape index (κ1) is 7.85. The molecule has 64 valence electrons. The van der Waals surface area contributed by atoms with Gasteiger partial charge in [0, 0.05) is 5.92 Å². The van der Waals surface area contributed by atoms with E-state index in [-0.39, 0.29) is 0 Å². The zero-order valence-corrected chi connectivity index (χ0v) is 7.72. The molecule has 0 bridgehead atoms. The van der Waals surface area contributed by atoms with Gasteiger partial charge in [-0.2, -0.15) is 0 Å². The largest absolute Gasteiger partial charge is 0.0798 e. The summed E-state index contributed by atoms with van der Waals surface area (Å²) in [6.07, 6.45) is 14.5. The average molecular weight is 160 g/mol. The summed E-state index contributed by atoms with van der Waals surface area (Å²) in [6, 6.07) is 0. The van der Waals surface area contributed by atoms with Crippen molar-refractivity contribution in [2.24, 2.45) is 5.92 Å². The molecule has 0 saturated carbocycles. The lowest BCUT2D eigenvalue weighted by Gasteiger charge is -2.08. The minimum absolute atomic E-state index is 0.749. The summed E-state index contributed by atoms with van der Waals surface area (Å²) in [5.41, 5.74) is 3.17. The summed E-state index contributed by atoms with van der Waals surface area (Å²) < 4.78 is 0. The standard InChI is InChI=1S/C12H16/c1-2-3-5-10-8-9-11-6-4-7-12(10)11/h4,7-10H,2-3,5-6H2,1H3. The zero-order valence-electron chi connectivity index (χ0n) is 7.72. The second kappa shape index (κ2) is 3.30. The fraction of sp³-hybridized carbons (Fsp3) is 0.500. The summed E-state index contributed by atoms with van der Waals surface area (Å²) >= 11 is 0. The summed E-state index contributed by atoms with van der Waals surface area (Å²) in [7, 11) is 0. The van der Waals surface area contributed by atoms with E-state index in [1.165, 1.54) is 25.7 Å². The Morgan fingerprint density at radius 1 is 1.42 bits per heavy atom. The Kier molecular flexibility index (Phi) is 2.16. The van der Waals surface area contributed by atoms with Gasteiger partial charge in [0.05, 0.1) is 0 Å². The van der Waals surface area contributed by atoms with Gasteiger partial charge in [0.2, 0.25) is 0 Å². The van der Waals surface area contributed by atoms with Crippen molar-refractivity contribution in [2.45, 2.75) is 32.6 Å². The van der Waals surface area contributed by atoms with Crippen LogP contribution in [0.25, 0.3) is 0 Å². The van der Waals surface area contributed by atoms with Crippen LogP contribution in [0.3, 0.4) is 0 Å². The maximum absolute atomic E-state index is 2.38. The quantitative estimate of drug-likeness (QED) is 0.591. The minimum atomic E-state index is 0.749. The first-order chi connectivity index (χ1) is 5.92. The van der Waals surface area contributed by atoms with Gasteiger partial charge in [-0.25, -0.2) is 0 Å². The van der Waals surface area contributed by atoms with Gasteiger partial charge in [-0.05, 0) is 24.0 Å². The second-order valence-electron chi connectivity index (χ2n) is 3.69. The van der Waals surface area contributed by atoms with Crippen molar-refractivity contribution < 1.29 is 0 Å². The van der Waals surface area contributed by atoms with E-state index in [9.17, 15) is 0 Å². The van der Waals surface area contributed by atoms with Crippen molar-refractivity contribution in [1.29, 1.82) is 0 Å². The predicted molar refractivity (Wildman–Crippen MR) is 52.9 cm³/mol. The molecular weight excluding hydrogens is 144 g/mol. The SMILES string of the molecule is CCCCC1C=CC2=C1C=CC2. The molecule has 0 nitrogen and oxygen atoms in total. The summed E-state index contributed by atoms with van der Waals surface area (Å²) in [5.74, 6) is 0.749. The van der Waals surface area contributed by atoms with Crippen LogP contribution in [0.2, 0.25) is 0 Å². The van der Waals surface area contributed by atoms with Crippen LogP contribution in [-0.4, -0.2) is 0 Å². The van der Waals surface area contributed by atoms with E-state index in [1.807, 2.05) is 0 Å². The summed E-state index contributed by atoms with van der Waals surface area (Å²) in [5, 5.41) is 0. The molecule has 0 aromatic rings. The molecule has 0 heterocycles. The van der Waals surface area contributed by atoms with Gasteiger partial charge in [-0.15, -0.1) is 0 Å². The van der Waals surface area contributed by atoms with Crippen LogP contribution in [0.5, 0.6) is 0 Å². The lowest BCUT2D eigenvalue weighted by Crippen LogP contribution is -1.95. The molecule has 0 N–H and O–H groups in total. The zero-order chi connectivity index (χ0) is 8.39.